The second-order valence-electron chi connectivity index (χ2n) is 5.77. The average Bonchev–Trinajstić information content (AvgIpc) is 3.27. The maximum absolute atomic E-state index is 13.0. The first-order valence-electron chi connectivity index (χ1n) is 8.04. The van der Waals surface area contributed by atoms with Gasteiger partial charge in [0.1, 0.15) is 12.4 Å². The fourth-order valence-electron chi connectivity index (χ4n) is 2.56. The number of hydrogen-bond donors (Lipinski definition) is 1. The smallest absolute Gasteiger partial charge is 0.368 e. The van der Waals surface area contributed by atoms with Crippen LogP contribution in [0.25, 0.3) is 5.69 Å². The van der Waals surface area contributed by atoms with Gasteiger partial charge in [-0.1, -0.05) is 6.07 Å². The number of halogens is 1. The Morgan fingerprint density at radius 1 is 1.11 bits per heavy atom. The van der Waals surface area contributed by atoms with E-state index in [4.69, 9.17) is 9.47 Å². The van der Waals surface area contributed by atoms with Crippen LogP contribution >= 0.6 is 0 Å². The number of ether oxygens (including phenoxy) is 2. The molecule has 9 nitrogen and oxygen atoms in total. The van der Waals surface area contributed by atoms with Crippen LogP contribution in [0.15, 0.2) is 47.3 Å². The Morgan fingerprint density at radius 2 is 1.89 bits per heavy atom. The molecule has 0 aliphatic carbocycles. The van der Waals surface area contributed by atoms with Crippen LogP contribution in [0, 0.1) is 5.82 Å². The quantitative estimate of drug-likeness (QED) is 0.706. The van der Waals surface area contributed by atoms with Crippen LogP contribution < -0.4 is 20.5 Å². The minimum Gasteiger partial charge on any atom is -0.454 e. The number of carbonyl (C=O) groups is 1. The van der Waals surface area contributed by atoms with Crippen LogP contribution in [0.4, 0.5) is 4.39 Å². The molecule has 0 saturated heterocycles. The molecule has 0 saturated carbocycles. The van der Waals surface area contributed by atoms with Gasteiger partial charge in [-0.25, -0.2) is 9.18 Å². The van der Waals surface area contributed by atoms with E-state index in [1.165, 1.54) is 24.3 Å². The van der Waals surface area contributed by atoms with E-state index in [2.05, 4.69) is 15.7 Å². The van der Waals surface area contributed by atoms with Gasteiger partial charge in [-0.15, -0.1) is 0 Å². The Balaban J connectivity index is 1.40. The Labute approximate surface area is 151 Å². The van der Waals surface area contributed by atoms with E-state index in [9.17, 15) is 14.0 Å². The molecule has 0 unspecified atom stereocenters. The van der Waals surface area contributed by atoms with Gasteiger partial charge in [0, 0.05) is 6.54 Å². The van der Waals surface area contributed by atoms with Gasteiger partial charge < -0.3 is 14.8 Å². The van der Waals surface area contributed by atoms with Crippen LogP contribution in [0.2, 0.25) is 0 Å². The predicted molar refractivity (Wildman–Crippen MR) is 90.0 cm³/mol. The SMILES string of the molecule is O=C(Cn1nnn(-c2ccc(F)cc2)c1=O)NCc1ccc2c(c1)OCO2. The molecule has 1 amide bonds. The summed E-state index contributed by atoms with van der Waals surface area (Å²) in [5.74, 6) is 0.456. The van der Waals surface area contributed by atoms with Gasteiger partial charge in [-0.05, 0) is 52.4 Å². The second-order valence-corrected chi connectivity index (χ2v) is 5.77. The molecule has 2 aromatic carbocycles. The monoisotopic (exact) mass is 371 g/mol. The third-order valence-corrected chi connectivity index (χ3v) is 3.93. The molecule has 1 aliphatic rings. The van der Waals surface area contributed by atoms with Crippen LogP contribution in [-0.4, -0.2) is 32.5 Å². The van der Waals surface area contributed by atoms with Crippen LogP contribution in [0.5, 0.6) is 11.5 Å². The molecule has 1 aromatic heterocycles. The van der Waals surface area contributed by atoms with E-state index >= 15 is 0 Å². The van der Waals surface area contributed by atoms with Gasteiger partial charge in [0.15, 0.2) is 11.5 Å². The summed E-state index contributed by atoms with van der Waals surface area (Å²) in [4.78, 5) is 24.4. The normalized spacial score (nSPS) is 12.2. The van der Waals surface area contributed by atoms with Crippen molar-refractivity contribution in [3.05, 3.63) is 64.3 Å². The molecule has 3 aromatic rings. The molecule has 4 rings (SSSR count). The summed E-state index contributed by atoms with van der Waals surface area (Å²) in [6.45, 7) is 0.151. The van der Waals surface area contributed by atoms with E-state index in [-0.39, 0.29) is 19.9 Å². The molecule has 0 atom stereocenters. The van der Waals surface area contributed by atoms with Crippen molar-refractivity contribution in [3.8, 4) is 17.2 Å². The molecule has 0 radical (unpaired) electrons. The first-order chi connectivity index (χ1) is 13.1. The highest BCUT2D eigenvalue weighted by atomic mass is 19.1. The van der Waals surface area contributed by atoms with Crippen molar-refractivity contribution in [2.75, 3.05) is 6.79 Å². The first-order valence-corrected chi connectivity index (χ1v) is 8.04. The highest BCUT2D eigenvalue weighted by molar-refractivity contribution is 5.75. The highest BCUT2D eigenvalue weighted by Crippen LogP contribution is 2.32. The van der Waals surface area contributed by atoms with E-state index in [1.807, 2.05) is 6.07 Å². The van der Waals surface area contributed by atoms with Crippen molar-refractivity contribution in [3.63, 3.8) is 0 Å². The summed E-state index contributed by atoms with van der Waals surface area (Å²) >= 11 is 0. The molecule has 138 valence electrons. The molecule has 27 heavy (non-hydrogen) atoms. The van der Waals surface area contributed by atoms with Gasteiger partial charge in [0.2, 0.25) is 12.7 Å². The number of fused-ring (bicyclic) bond motifs is 1. The van der Waals surface area contributed by atoms with E-state index in [0.717, 1.165) is 14.9 Å². The number of carbonyl (C=O) groups excluding carboxylic acids is 1. The minimum atomic E-state index is -0.597. The van der Waals surface area contributed by atoms with Crippen molar-refractivity contribution in [1.82, 2.24) is 25.1 Å². The molecular formula is C17H14FN5O4. The van der Waals surface area contributed by atoms with Crippen LogP contribution in [-0.2, 0) is 17.9 Å². The lowest BCUT2D eigenvalue weighted by molar-refractivity contribution is -0.122. The number of nitrogens with zero attached hydrogens (tertiary/aromatic N) is 4. The Kier molecular flexibility index (Phi) is 4.29. The summed E-state index contributed by atoms with van der Waals surface area (Å²) in [6, 6.07) is 10.6. The number of benzene rings is 2. The number of rotatable bonds is 5. The number of amides is 1. The highest BCUT2D eigenvalue weighted by Gasteiger charge is 2.15. The fourth-order valence-corrected chi connectivity index (χ4v) is 2.56. The third-order valence-electron chi connectivity index (χ3n) is 3.93. The number of nitrogens with one attached hydrogen (secondary N) is 1. The fraction of sp³-hybridized carbons (Fsp3) is 0.176. The van der Waals surface area contributed by atoms with Gasteiger partial charge >= 0.3 is 5.69 Å². The lowest BCUT2D eigenvalue weighted by Crippen LogP contribution is -2.33. The zero-order valence-corrected chi connectivity index (χ0v) is 14.0. The first kappa shape index (κ1) is 16.8. The van der Waals surface area contributed by atoms with Crippen LogP contribution in [0.1, 0.15) is 5.56 Å². The molecule has 1 N–H and O–H groups in total. The standard InChI is InChI=1S/C17H14FN5O4/c18-12-2-4-13(5-3-12)23-17(25)22(20-21-23)9-16(24)19-8-11-1-6-14-15(7-11)27-10-26-14/h1-7H,8-10H2,(H,19,24). The summed E-state index contributed by atoms with van der Waals surface area (Å²) in [6.07, 6.45) is 0. The van der Waals surface area contributed by atoms with Crippen molar-refractivity contribution in [2.24, 2.45) is 0 Å². The second kappa shape index (κ2) is 6.90. The van der Waals surface area contributed by atoms with Crippen molar-refractivity contribution < 1.29 is 18.7 Å². The maximum atomic E-state index is 13.0. The summed E-state index contributed by atoms with van der Waals surface area (Å²) < 4.78 is 25.4. The van der Waals surface area contributed by atoms with E-state index in [0.29, 0.717) is 17.2 Å². The molecule has 0 bridgehead atoms. The minimum absolute atomic E-state index is 0.178. The Hall–Kier alpha value is -3.69. The zero-order chi connectivity index (χ0) is 18.8. The van der Waals surface area contributed by atoms with Gasteiger partial charge in [0.05, 0.1) is 5.69 Å². The number of aromatic nitrogens is 4. The Bertz CT molecular complexity index is 1040. The van der Waals surface area contributed by atoms with Gasteiger partial charge in [0.25, 0.3) is 0 Å². The van der Waals surface area contributed by atoms with Crippen molar-refractivity contribution in [1.29, 1.82) is 0 Å². The van der Waals surface area contributed by atoms with Crippen LogP contribution in [0.3, 0.4) is 0 Å². The summed E-state index contributed by atoms with van der Waals surface area (Å²) in [7, 11) is 0. The van der Waals surface area contributed by atoms with Crippen molar-refractivity contribution >= 4 is 5.91 Å². The molecule has 0 fully saturated rings. The predicted octanol–water partition coefficient (Wildman–Crippen LogP) is 0.613. The van der Waals surface area contributed by atoms with Crippen molar-refractivity contribution in [2.45, 2.75) is 13.1 Å². The average molecular weight is 371 g/mol. The molecule has 1 aliphatic heterocycles. The number of tetrazole rings is 1. The maximum Gasteiger partial charge on any atom is 0.368 e. The lowest BCUT2D eigenvalue weighted by atomic mass is 10.2. The largest absolute Gasteiger partial charge is 0.454 e. The third kappa shape index (κ3) is 3.50. The lowest BCUT2D eigenvalue weighted by Gasteiger charge is -2.05. The van der Waals surface area contributed by atoms with Gasteiger partial charge in [-0.2, -0.15) is 9.36 Å². The topological polar surface area (TPSA) is 100 Å². The van der Waals surface area contributed by atoms with Gasteiger partial charge in [-0.3, -0.25) is 4.79 Å². The number of hydrogen-bond acceptors (Lipinski definition) is 6. The molecule has 2 heterocycles. The molecule has 10 heteroatoms. The summed E-state index contributed by atoms with van der Waals surface area (Å²) in [5.41, 5.74) is 0.586. The molecule has 0 spiro atoms. The molecular weight excluding hydrogens is 357 g/mol. The Morgan fingerprint density at radius 3 is 2.70 bits per heavy atom. The summed E-state index contributed by atoms with van der Waals surface area (Å²) in [5, 5.41) is 10.1. The van der Waals surface area contributed by atoms with E-state index in [1.54, 1.807) is 12.1 Å². The zero-order valence-electron chi connectivity index (χ0n) is 14.0. The van der Waals surface area contributed by atoms with E-state index < -0.39 is 17.4 Å².